The molecule has 0 saturated carbocycles. The molecule has 0 bridgehead atoms. The molecule has 0 aliphatic carbocycles. The van der Waals surface area contributed by atoms with E-state index in [2.05, 4.69) is 11.8 Å². The van der Waals surface area contributed by atoms with Crippen molar-refractivity contribution in [3.63, 3.8) is 0 Å². The van der Waals surface area contributed by atoms with Crippen LogP contribution in [-0.4, -0.2) is 17.6 Å². The molecular formula is C4H5N2+. The molecule has 1 aliphatic rings. The summed E-state index contributed by atoms with van der Waals surface area (Å²) in [5.41, 5.74) is 0. The fraction of sp³-hybridized carbons (Fsp3) is 0. The van der Waals surface area contributed by atoms with Crippen LogP contribution in [0.25, 0.3) is 0 Å². The number of hydrazone groups is 1. The largest absolute Gasteiger partial charge is 0.203 e. The van der Waals surface area contributed by atoms with Crippen molar-refractivity contribution in [2.45, 2.75) is 0 Å². The molecule has 0 saturated heterocycles. The molecule has 30 valence electrons. The molecule has 0 aromatic rings. The SMILES string of the molecule is C=[N+]1C=CC=N1. The van der Waals surface area contributed by atoms with Gasteiger partial charge in [0.15, 0.2) is 6.72 Å². The molecule has 0 amide bonds. The first-order chi connectivity index (χ1) is 2.89. The Morgan fingerprint density at radius 1 is 1.67 bits per heavy atom. The molecule has 2 nitrogen and oxygen atoms in total. The Balaban J connectivity index is 2.86. The lowest BCUT2D eigenvalue weighted by Crippen LogP contribution is -1.79. The van der Waals surface area contributed by atoms with Crippen LogP contribution in [0.4, 0.5) is 0 Å². The Kier molecular flexibility index (Phi) is 0.572. The van der Waals surface area contributed by atoms with Gasteiger partial charge >= 0.3 is 0 Å². The molecule has 1 heterocycles. The van der Waals surface area contributed by atoms with E-state index in [0.29, 0.717) is 0 Å². The highest BCUT2D eigenvalue weighted by atomic mass is 15.3. The first-order valence-corrected chi connectivity index (χ1v) is 1.70. The average Bonchev–Trinajstić information content (AvgIpc) is 1.86. The minimum absolute atomic E-state index is 1.50. The molecule has 6 heavy (non-hydrogen) atoms. The lowest BCUT2D eigenvalue weighted by Gasteiger charge is -1.64. The van der Waals surface area contributed by atoms with Crippen LogP contribution in [0.2, 0.25) is 0 Å². The maximum absolute atomic E-state index is 3.72. The van der Waals surface area contributed by atoms with Gasteiger partial charge in [0, 0.05) is 6.08 Å². The lowest BCUT2D eigenvalue weighted by molar-refractivity contribution is -0.447. The van der Waals surface area contributed by atoms with Gasteiger partial charge in [0.2, 0.25) is 6.20 Å². The molecule has 0 radical (unpaired) electrons. The van der Waals surface area contributed by atoms with Gasteiger partial charge in [-0.05, 0) is 5.10 Å². The highest BCUT2D eigenvalue weighted by molar-refractivity contribution is 5.71. The smallest absolute Gasteiger partial charge is 0.0667 e. The van der Waals surface area contributed by atoms with E-state index in [1.54, 1.807) is 12.4 Å². The zero-order valence-corrected chi connectivity index (χ0v) is 3.33. The van der Waals surface area contributed by atoms with Crippen LogP contribution < -0.4 is 0 Å². The van der Waals surface area contributed by atoms with Crippen LogP contribution in [0.5, 0.6) is 0 Å². The maximum Gasteiger partial charge on any atom is 0.203 e. The second-order valence-electron chi connectivity index (χ2n) is 1.05. The summed E-state index contributed by atoms with van der Waals surface area (Å²) in [6, 6.07) is 0. The summed E-state index contributed by atoms with van der Waals surface area (Å²) in [4.78, 5) is 0. The van der Waals surface area contributed by atoms with Gasteiger partial charge in [-0.25, -0.2) is 0 Å². The van der Waals surface area contributed by atoms with Crippen molar-refractivity contribution in [3.8, 4) is 0 Å². The third-order valence-electron chi connectivity index (χ3n) is 0.559. The van der Waals surface area contributed by atoms with E-state index in [1.807, 2.05) is 6.08 Å². The standard InChI is InChI=1S/C4H5N2/c1-6-4-2-3-5-6/h2-4H,1H2/q+1. The quantitative estimate of drug-likeness (QED) is 0.370. The van der Waals surface area contributed by atoms with Crippen LogP contribution in [0.15, 0.2) is 17.4 Å². The zero-order chi connectivity index (χ0) is 4.41. The van der Waals surface area contributed by atoms with Crippen LogP contribution >= 0.6 is 0 Å². The molecule has 2 heteroatoms. The first-order valence-electron chi connectivity index (χ1n) is 1.70. The van der Waals surface area contributed by atoms with Gasteiger partial charge in [-0.15, -0.1) is 0 Å². The third-order valence-corrected chi connectivity index (χ3v) is 0.559. The van der Waals surface area contributed by atoms with Crippen molar-refractivity contribution < 1.29 is 4.68 Å². The van der Waals surface area contributed by atoms with Crippen LogP contribution in [0.1, 0.15) is 0 Å². The van der Waals surface area contributed by atoms with Gasteiger partial charge < -0.3 is 0 Å². The van der Waals surface area contributed by atoms with E-state index in [4.69, 9.17) is 0 Å². The number of hydrogen-bond donors (Lipinski definition) is 0. The second kappa shape index (κ2) is 1.05. The van der Waals surface area contributed by atoms with E-state index < -0.39 is 0 Å². The summed E-state index contributed by atoms with van der Waals surface area (Å²) >= 11 is 0. The van der Waals surface area contributed by atoms with Crippen molar-refractivity contribution in [2.75, 3.05) is 0 Å². The summed E-state index contributed by atoms with van der Waals surface area (Å²) in [5, 5.41) is 3.72. The lowest BCUT2D eigenvalue weighted by atomic mass is 10.7. The fourth-order valence-electron chi connectivity index (χ4n) is 0.300. The predicted molar refractivity (Wildman–Crippen MR) is 25.0 cm³/mol. The number of hydrogen-bond acceptors (Lipinski definition) is 1. The van der Waals surface area contributed by atoms with Crippen LogP contribution in [-0.2, 0) is 0 Å². The molecule has 1 rings (SSSR count). The number of rotatable bonds is 0. The second-order valence-corrected chi connectivity index (χ2v) is 1.05. The van der Waals surface area contributed by atoms with Gasteiger partial charge in [0.05, 0.1) is 0 Å². The number of nitrogens with zero attached hydrogens (tertiary/aromatic N) is 2. The van der Waals surface area contributed by atoms with E-state index in [-0.39, 0.29) is 0 Å². The fourth-order valence-corrected chi connectivity index (χ4v) is 0.300. The van der Waals surface area contributed by atoms with Crippen molar-refractivity contribution in [2.24, 2.45) is 5.10 Å². The Morgan fingerprint density at radius 3 is 2.67 bits per heavy atom. The minimum atomic E-state index is 1.50. The zero-order valence-electron chi connectivity index (χ0n) is 3.33. The van der Waals surface area contributed by atoms with Crippen LogP contribution in [0.3, 0.4) is 0 Å². The predicted octanol–water partition coefficient (Wildman–Crippen LogP) is 0.213. The Bertz CT molecular complexity index is 108. The normalized spacial score (nSPS) is 17.0. The first kappa shape index (κ1) is 3.28. The topological polar surface area (TPSA) is 15.4 Å². The highest BCUT2D eigenvalue weighted by Gasteiger charge is 1.90. The highest BCUT2D eigenvalue weighted by Crippen LogP contribution is 1.81. The van der Waals surface area contributed by atoms with Gasteiger partial charge in [0.25, 0.3) is 0 Å². The van der Waals surface area contributed by atoms with E-state index >= 15 is 0 Å². The molecular weight excluding hydrogens is 76.1 g/mol. The molecule has 0 spiro atoms. The summed E-state index contributed by atoms with van der Waals surface area (Å²) in [5.74, 6) is 0. The van der Waals surface area contributed by atoms with Gasteiger partial charge in [-0.2, -0.15) is 0 Å². The molecule has 0 aromatic heterocycles. The van der Waals surface area contributed by atoms with Crippen LogP contribution in [0, 0.1) is 0 Å². The summed E-state index contributed by atoms with van der Waals surface area (Å²) in [6.07, 6.45) is 5.29. The molecule has 0 N–H and O–H groups in total. The summed E-state index contributed by atoms with van der Waals surface area (Å²) < 4.78 is 1.50. The van der Waals surface area contributed by atoms with E-state index in [1.165, 1.54) is 4.68 Å². The van der Waals surface area contributed by atoms with Crippen molar-refractivity contribution in [3.05, 3.63) is 12.3 Å². The van der Waals surface area contributed by atoms with Crippen molar-refractivity contribution in [1.82, 2.24) is 0 Å². The minimum Gasteiger partial charge on any atom is -0.0667 e. The number of allylic oxidation sites excluding steroid dienone is 1. The molecule has 1 aliphatic heterocycles. The van der Waals surface area contributed by atoms with Crippen molar-refractivity contribution in [1.29, 1.82) is 0 Å². The molecule has 0 atom stereocenters. The maximum atomic E-state index is 3.72. The monoisotopic (exact) mass is 81.0 g/mol. The van der Waals surface area contributed by atoms with Gasteiger partial charge in [0.1, 0.15) is 6.21 Å². The van der Waals surface area contributed by atoms with Crippen molar-refractivity contribution >= 4 is 12.9 Å². The molecule has 0 aromatic carbocycles. The van der Waals surface area contributed by atoms with Gasteiger partial charge in [-0.3, -0.25) is 0 Å². The molecule has 0 fully saturated rings. The Labute approximate surface area is 36.1 Å². The summed E-state index contributed by atoms with van der Waals surface area (Å²) in [6.45, 7) is 3.49. The van der Waals surface area contributed by atoms with E-state index in [0.717, 1.165) is 0 Å². The molecule has 0 unspecified atom stereocenters. The third kappa shape index (κ3) is 0.360. The Morgan fingerprint density at radius 2 is 2.50 bits per heavy atom. The summed E-state index contributed by atoms with van der Waals surface area (Å²) in [7, 11) is 0. The Hall–Kier alpha value is -0.920. The van der Waals surface area contributed by atoms with E-state index in [9.17, 15) is 0 Å². The average molecular weight is 81.1 g/mol. The van der Waals surface area contributed by atoms with Gasteiger partial charge in [-0.1, -0.05) is 4.68 Å².